The van der Waals surface area contributed by atoms with Crippen molar-refractivity contribution < 1.29 is 28.2 Å². The fourth-order valence-corrected chi connectivity index (χ4v) is 4.76. The summed E-state index contributed by atoms with van der Waals surface area (Å²) in [6, 6.07) is 17.3. The van der Waals surface area contributed by atoms with Gasteiger partial charge >= 0.3 is 5.97 Å². The number of imidazole rings is 1. The van der Waals surface area contributed by atoms with Crippen molar-refractivity contribution >= 4 is 28.6 Å². The number of aryl methyl sites for hydroxylation is 1. The van der Waals surface area contributed by atoms with Crippen LogP contribution in [0.25, 0.3) is 22.3 Å². The molecule has 0 aliphatic rings. The van der Waals surface area contributed by atoms with Gasteiger partial charge in [0, 0.05) is 42.3 Å². The van der Waals surface area contributed by atoms with Crippen LogP contribution in [0.5, 0.6) is 5.88 Å². The monoisotopic (exact) mass is 577 g/mol. The molecule has 10 heteroatoms. The average Bonchev–Trinajstić information content (AvgIpc) is 3.29. The summed E-state index contributed by atoms with van der Waals surface area (Å²) in [5.41, 5.74) is 3.58. The van der Waals surface area contributed by atoms with E-state index in [4.69, 9.17) is 21.1 Å². The normalized spacial score (nSPS) is 11.2. The van der Waals surface area contributed by atoms with E-state index in [0.29, 0.717) is 51.9 Å². The number of benzene rings is 3. The van der Waals surface area contributed by atoms with Gasteiger partial charge in [0.1, 0.15) is 24.1 Å². The zero-order valence-electron chi connectivity index (χ0n) is 22.3. The molecule has 1 N–H and O–H groups in total. The van der Waals surface area contributed by atoms with Crippen LogP contribution in [0, 0.1) is 18.6 Å². The van der Waals surface area contributed by atoms with Gasteiger partial charge in [0.25, 0.3) is 0 Å². The summed E-state index contributed by atoms with van der Waals surface area (Å²) in [5.74, 6) is -1.14. The van der Waals surface area contributed by atoms with Gasteiger partial charge in [-0.05, 0) is 60.5 Å². The maximum Gasteiger partial charge on any atom is 0.335 e. The number of halogens is 3. The van der Waals surface area contributed by atoms with Gasteiger partial charge in [0.05, 0.1) is 28.9 Å². The number of carboxylic acid groups (broad SMARTS) is 1. The number of rotatable bonds is 10. The Morgan fingerprint density at radius 3 is 2.59 bits per heavy atom. The highest BCUT2D eigenvalue weighted by Gasteiger charge is 2.18. The largest absolute Gasteiger partial charge is 0.478 e. The first kappa shape index (κ1) is 28.2. The van der Waals surface area contributed by atoms with Gasteiger partial charge in [0.2, 0.25) is 5.88 Å². The highest BCUT2D eigenvalue weighted by atomic mass is 35.5. The lowest BCUT2D eigenvalue weighted by Crippen LogP contribution is -2.09. The van der Waals surface area contributed by atoms with Crippen molar-refractivity contribution in [1.29, 1.82) is 0 Å². The second-order valence-corrected chi connectivity index (χ2v) is 9.93. The number of nitrogens with zero attached hydrogens (tertiary/aromatic N) is 3. The Kier molecular flexibility index (Phi) is 8.28. The molecule has 0 saturated carbocycles. The van der Waals surface area contributed by atoms with Gasteiger partial charge in [-0.3, -0.25) is 0 Å². The Morgan fingerprint density at radius 2 is 1.83 bits per heavy atom. The van der Waals surface area contributed by atoms with Gasteiger partial charge in [-0.2, -0.15) is 0 Å². The predicted molar refractivity (Wildman–Crippen MR) is 151 cm³/mol. The van der Waals surface area contributed by atoms with Crippen LogP contribution in [0.15, 0.2) is 66.7 Å². The molecule has 2 aromatic heterocycles. The molecule has 0 aliphatic carbocycles. The van der Waals surface area contributed by atoms with E-state index in [1.165, 1.54) is 24.3 Å². The molecule has 7 nitrogen and oxygen atoms in total. The minimum absolute atomic E-state index is 0.0250. The Morgan fingerprint density at radius 1 is 1.00 bits per heavy atom. The maximum absolute atomic E-state index is 15.4. The van der Waals surface area contributed by atoms with Crippen molar-refractivity contribution in [3.8, 4) is 17.1 Å². The molecule has 2 heterocycles. The van der Waals surface area contributed by atoms with Gasteiger partial charge in [-0.15, -0.1) is 0 Å². The van der Waals surface area contributed by atoms with Crippen molar-refractivity contribution in [2.24, 2.45) is 0 Å². The van der Waals surface area contributed by atoms with Crippen molar-refractivity contribution in [3.05, 3.63) is 111 Å². The molecule has 0 saturated heterocycles. The quantitative estimate of drug-likeness (QED) is 0.195. The van der Waals surface area contributed by atoms with Crippen LogP contribution >= 0.6 is 11.6 Å². The first-order valence-corrected chi connectivity index (χ1v) is 13.2. The molecule has 0 radical (unpaired) electrons. The number of pyridine rings is 1. The second-order valence-electron chi connectivity index (χ2n) is 9.53. The van der Waals surface area contributed by atoms with Gasteiger partial charge in [0.15, 0.2) is 0 Å². The molecule has 210 valence electrons. The summed E-state index contributed by atoms with van der Waals surface area (Å²) in [6.07, 6.45) is 0.204. The predicted octanol–water partition coefficient (Wildman–Crippen LogP) is 6.85. The molecule has 0 aliphatic heterocycles. The van der Waals surface area contributed by atoms with Crippen LogP contribution in [-0.4, -0.2) is 39.3 Å². The van der Waals surface area contributed by atoms with Crippen LogP contribution in [0.3, 0.4) is 0 Å². The van der Waals surface area contributed by atoms with E-state index in [1.54, 1.807) is 56.5 Å². The average molecular weight is 578 g/mol. The number of carbonyl (C=O) groups is 1. The highest BCUT2D eigenvalue weighted by molar-refractivity contribution is 6.31. The fraction of sp³-hybridized carbons (Fsp3) is 0.194. The third-order valence-corrected chi connectivity index (χ3v) is 7.01. The number of aromatic nitrogens is 3. The van der Waals surface area contributed by atoms with Crippen molar-refractivity contribution in [1.82, 2.24) is 14.5 Å². The van der Waals surface area contributed by atoms with Gasteiger partial charge in [-0.25, -0.2) is 23.5 Å². The van der Waals surface area contributed by atoms with E-state index in [2.05, 4.69) is 9.97 Å². The summed E-state index contributed by atoms with van der Waals surface area (Å²) in [5, 5.41) is 9.73. The lowest BCUT2D eigenvalue weighted by atomic mass is 10.0. The topological polar surface area (TPSA) is 86.5 Å². The van der Waals surface area contributed by atoms with Gasteiger partial charge < -0.3 is 19.1 Å². The van der Waals surface area contributed by atoms with E-state index < -0.39 is 11.8 Å². The summed E-state index contributed by atoms with van der Waals surface area (Å²) >= 11 is 6.63. The molecule has 5 aromatic rings. The zero-order valence-corrected chi connectivity index (χ0v) is 23.1. The van der Waals surface area contributed by atoms with Gasteiger partial charge in [-0.1, -0.05) is 29.8 Å². The molecule has 0 amide bonds. The first-order valence-electron chi connectivity index (χ1n) is 12.8. The summed E-state index contributed by atoms with van der Waals surface area (Å²) < 4.78 is 42.4. The van der Waals surface area contributed by atoms with E-state index >= 15 is 4.39 Å². The Hall–Kier alpha value is -4.34. The smallest absolute Gasteiger partial charge is 0.335 e. The molecular weight excluding hydrogens is 552 g/mol. The Labute approximate surface area is 240 Å². The highest BCUT2D eigenvalue weighted by Crippen LogP contribution is 2.31. The molecule has 3 aromatic carbocycles. The zero-order chi connectivity index (χ0) is 29.1. The Balaban J connectivity index is 1.41. The van der Waals surface area contributed by atoms with Crippen LogP contribution < -0.4 is 4.74 Å². The fourth-order valence-electron chi connectivity index (χ4n) is 4.53. The van der Waals surface area contributed by atoms with E-state index in [9.17, 15) is 14.3 Å². The van der Waals surface area contributed by atoms with Crippen LogP contribution in [0.4, 0.5) is 8.78 Å². The molecule has 5 rings (SSSR count). The first-order chi connectivity index (χ1) is 19.7. The number of hydrogen-bond acceptors (Lipinski definition) is 5. The minimum Gasteiger partial charge on any atom is -0.478 e. The van der Waals surface area contributed by atoms with Crippen molar-refractivity contribution in [2.45, 2.75) is 26.5 Å². The van der Waals surface area contributed by atoms with Crippen molar-refractivity contribution in [3.63, 3.8) is 0 Å². The molecule has 0 spiro atoms. The number of aromatic carboxylic acids is 1. The molecule has 0 unspecified atom stereocenters. The number of fused-ring (bicyclic) bond motifs is 1. The van der Waals surface area contributed by atoms with Crippen LogP contribution in [0.2, 0.25) is 5.02 Å². The number of ether oxygens (including phenoxy) is 2. The van der Waals surface area contributed by atoms with Crippen LogP contribution in [0.1, 0.15) is 32.9 Å². The molecule has 41 heavy (non-hydrogen) atoms. The minimum atomic E-state index is -1.04. The SMILES string of the molecule is COCCn1c(Cc2cc(F)c(-c3cccc(OCc4ccc(C)cc4F)n3)cc2Cl)nc2ccc(C(=O)O)cc21. The second kappa shape index (κ2) is 12.0. The summed E-state index contributed by atoms with van der Waals surface area (Å²) in [4.78, 5) is 20.6. The lowest BCUT2D eigenvalue weighted by molar-refractivity contribution is 0.0697. The molecule has 0 atom stereocenters. The van der Waals surface area contributed by atoms with E-state index in [0.717, 1.165) is 5.56 Å². The number of carboxylic acids is 1. The summed E-state index contributed by atoms with van der Waals surface area (Å²) in [6.45, 7) is 2.57. The third kappa shape index (κ3) is 6.21. The summed E-state index contributed by atoms with van der Waals surface area (Å²) in [7, 11) is 1.57. The number of hydrogen-bond donors (Lipinski definition) is 1. The van der Waals surface area contributed by atoms with E-state index in [1.807, 2.05) is 4.57 Å². The molecule has 0 bridgehead atoms. The van der Waals surface area contributed by atoms with Crippen molar-refractivity contribution in [2.75, 3.05) is 13.7 Å². The Bertz CT molecular complexity index is 1760. The lowest BCUT2D eigenvalue weighted by Gasteiger charge is -2.12. The molecular formula is C31H26ClF2N3O4. The standard InChI is InChI=1S/C31H26ClF2N3O4/c1-18-6-7-20(24(33)12-18)17-41-30-5-3-4-26(36-30)22-16-23(32)21(13-25(22)34)15-29-35-27-9-8-19(31(38)39)14-28(27)37(29)10-11-40-2/h3-9,12-14,16H,10-11,15,17H2,1-2H3,(H,38,39). The van der Waals surface area contributed by atoms with E-state index in [-0.39, 0.29) is 35.9 Å². The molecule has 0 fully saturated rings. The maximum atomic E-state index is 15.4. The number of methoxy groups -OCH3 is 1. The van der Waals surface area contributed by atoms with Crippen LogP contribution in [-0.2, 0) is 24.3 Å². The third-order valence-electron chi connectivity index (χ3n) is 6.66.